The van der Waals surface area contributed by atoms with Crippen molar-refractivity contribution in [3.63, 3.8) is 0 Å². The fourth-order valence-corrected chi connectivity index (χ4v) is 3.00. The van der Waals surface area contributed by atoms with E-state index in [1.54, 1.807) is 7.11 Å². The number of aromatic nitrogens is 1. The second kappa shape index (κ2) is 6.72. The molecular weight excluding hydrogens is 260 g/mol. The summed E-state index contributed by atoms with van der Waals surface area (Å²) in [6, 6.07) is 15.6. The Labute approximate surface area is 126 Å². The number of benzene rings is 1. The maximum Gasteiger partial charge on any atom is 0.118 e. The second-order valence-corrected chi connectivity index (χ2v) is 5.63. The Morgan fingerprint density at radius 1 is 1.14 bits per heavy atom. The first-order valence-electron chi connectivity index (χ1n) is 7.65. The third-order valence-corrected chi connectivity index (χ3v) is 4.23. The minimum absolute atomic E-state index is 0.423. The smallest absolute Gasteiger partial charge is 0.118 e. The van der Waals surface area contributed by atoms with Gasteiger partial charge in [-0.15, -0.1) is 0 Å². The van der Waals surface area contributed by atoms with E-state index in [1.807, 2.05) is 24.4 Å². The van der Waals surface area contributed by atoms with Gasteiger partial charge in [0.1, 0.15) is 5.75 Å². The molecule has 1 N–H and O–H groups in total. The van der Waals surface area contributed by atoms with Gasteiger partial charge in [-0.25, -0.2) is 0 Å². The lowest BCUT2D eigenvalue weighted by molar-refractivity contribution is 0.414. The highest BCUT2D eigenvalue weighted by Gasteiger charge is 2.25. The van der Waals surface area contributed by atoms with E-state index in [4.69, 9.17) is 4.74 Å². The lowest BCUT2D eigenvalue weighted by Gasteiger charge is -2.14. The summed E-state index contributed by atoms with van der Waals surface area (Å²) in [6.07, 6.45) is 6.58. The molecule has 3 heteroatoms. The van der Waals surface area contributed by atoms with Crippen molar-refractivity contribution in [2.75, 3.05) is 7.11 Å². The first-order valence-corrected chi connectivity index (χ1v) is 7.65. The van der Waals surface area contributed by atoms with Crippen molar-refractivity contribution in [1.82, 2.24) is 10.3 Å². The third kappa shape index (κ3) is 3.61. The fraction of sp³-hybridized carbons (Fsp3) is 0.389. The van der Waals surface area contributed by atoms with Crippen LogP contribution in [0.25, 0.3) is 0 Å². The second-order valence-electron chi connectivity index (χ2n) is 5.63. The van der Waals surface area contributed by atoms with Crippen molar-refractivity contribution in [2.24, 2.45) is 0 Å². The standard InChI is InChI=1S/C18H22N2O/c1-21-16-10-6-14(7-11-16)5-8-15-9-12-18(20-15)17-4-2-3-13-19-17/h2-4,6-7,10-11,13,15,18,20H,5,8-9,12H2,1H3/t15-,18-/m1/s1. The van der Waals surface area contributed by atoms with Crippen LogP contribution in [0.4, 0.5) is 0 Å². The number of rotatable bonds is 5. The van der Waals surface area contributed by atoms with Gasteiger partial charge in [-0.2, -0.15) is 0 Å². The molecule has 1 aliphatic rings. The predicted molar refractivity (Wildman–Crippen MR) is 84.5 cm³/mol. The molecule has 1 aromatic carbocycles. The van der Waals surface area contributed by atoms with Crippen LogP contribution in [0.5, 0.6) is 5.75 Å². The van der Waals surface area contributed by atoms with Gasteiger partial charge in [-0.1, -0.05) is 18.2 Å². The summed E-state index contributed by atoms with van der Waals surface area (Å²) < 4.78 is 5.19. The molecule has 0 aliphatic carbocycles. The lowest BCUT2D eigenvalue weighted by Crippen LogP contribution is -2.25. The average molecular weight is 282 g/mol. The van der Waals surface area contributed by atoms with Gasteiger partial charge < -0.3 is 10.1 Å². The molecule has 2 heterocycles. The molecule has 0 bridgehead atoms. The van der Waals surface area contributed by atoms with E-state index in [9.17, 15) is 0 Å². The molecule has 1 fully saturated rings. The summed E-state index contributed by atoms with van der Waals surface area (Å²) in [5.41, 5.74) is 2.54. The fourth-order valence-electron chi connectivity index (χ4n) is 3.00. The molecule has 2 aromatic rings. The number of nitrogens with one attached hydrogen (secondary N) is 1. The topological polar surface area (TPSA) is 34.1 Å². The summed E-state index contributed by atoms with van der Waals surface area (Å²) in [6.45, 7) is 0. The summed E-state index contributed by atoms with van der Waals surface area (Å²) in [7, 11) is 1.70. The van der Waals surface area contributed by atoms with Gasteiger partial charge >= 0.3 is 0 Å². The molecule has 0 amide bonds. The SMILES string of the molecule is COc1ccc(CC[C@@H]2CC[C@H](c3ccccn3)N2)cc1. The Kier molecular flexibility index (Phi) is 4.51. The number of pyridine rings is 1. The first-order chi connectivity index (χ1) is 10.3. The number of aryl methyl sites for hydroxylation is 1. The van der Waals surface area contributed by atoms with Crippen molar-refractivity contribution in [1.29, 1.82) is 0 Å². The third-order valence-electron chi connectivity index (χ3n) is 4.23. The molecule has 1 aromatic heterocycles. The Morgan fingerprint density at radius 2 is 2.00 bits per heavy atom. The van der Waals surface area contributed by atoms with Crippen LogP contribution in [-0.2, 0) is 6.42 Å². The lowest BCUT2D eigenvalue weighted by atomic mass is 10.0. The van der Waals surface area contributed by atoms with Gasteiger partial charge in [-0.05, 0) is 55.5 Å². The molecule has 3 rings (SSSR count). The molecule has 110 valence electrons. The highest BCUT2D eigenvalue weighted by atomic mass is 16.5. The largest absolute Gasteiger partial charge is 0.497 e. The first kappa shape index (κ1) is 14.1. The Morgan fingerprint density at radius 3 is 2.71 bits per heavy atom. The zero-order valence-corrected chi connectivity index (χ0v) is 12.5. The van der Waals surface area contributed by atoms with Crippen molar-refractivity contribution >= 4 is 0 Å². The Balaban J connectivity index is 1.50. The molecule has 3 nitrogen and oxygen atoms in total. The maximum atomic E-state index is 5.19. The van der Waals surface area contributed by atoms with Crippen LogP contribution < -0.4 is 10.1 Å². The number of methoxy groups -OCH3 is 1. The van der Waals surface area contributed by atoms with Crippen molar-refractivity contribution in [3.05, 3.63) is 59.9 Å². The molecule has 2 atom stereocenters. The average Bonchev–Trinajstić information content (AvgIpc) is 3.03. The molecule has 0 unspecified atom stereocenters. The molecule has 0 saturated carbocycles. The van der Waals surface area contributed by atoms with Crippen molar-refractivity contribution in [3.8, 4) is 5.75 Å². The monoisotopic (exact) mass is 282 g/mol. The minimum atomic E-state index is 0.423. The van der Waals surface area contributed by atoms with Gasteiger partial charge in [-0.3, -0.25) is 4.98 Å². The van der Waals surface area contributed by atoms with Crippen LogP contribution in [-0.4, -0.2) is 18.1 Å². The molecule has 1 saturated heterocycles. The van der Waals surface area contributed by atoms with Crippen LogP contribution >= 0.6 is 0 Å². The van der Waals surface area contributed by atoms with E-state index in [-0.39, 0.29) is 0 Å². The van der Waals surface area contributed by atoms with Crippen LogP contribution in [0.2, 0.25) is 0 Å². The normalized spacial score (nSPS) is 21.4. The summed E-state index contributed by atoms with van der Waals surface area (Å²) >= 11 is 0. The van der Waals surface area contributed by atoms with E-state index >= 15 is 0 Å². The molecule has 1 aliphatic heterocycles. The van der Waals surface area contributed by atoms with Gasteiger partial charge in [0.15, 0.2) is 0 Å². The van der Waals surface area contributed by atoms with E-state index < -0.39 is 0 Å². The van der Waals surface area contributed by atoms with Gasteiger partial charge in [0.2, 0.25) is 0 Å². The van der Waals surface area contributed by atoms with E-state index in [1.165, 1.54) is 30.5 Å². The van der Waals surface area contributed by atoms with E-state index in [0.717, 1.165) is 12.2 Å². The van der Waals surface area contributed by atoms with Crippen LogP contribution in [0.3, 0.4) is 0 Å². The minimum Gasteiger partial charge on any atom is -0.497 e. The van der Waals surface area contributed by atoms with Crippen LogP contribution in [0, 0.1) is 0 Å². The number of ether oxygens (including phenoxy) is 1. The molecule has 0 spiro atoms. The molecule has 0 radical (unpaired) electrons. The Bertz CT molecular complexity index is 553. The van der Waals surface area contributed by atoms with Crippen molar-refractivity contribution in [2.45, 2.75) is 37.8 Å². The molecule has 21 heavy (non-hydrogen) atoms. The zero-order valence-electron chi connectivity index (χ0n) is 12.5. The summed E-state index contributed by atoms with van der Waals surface area (Å²) in [4.78, 5) is 4.46. The summed E-state index contributed by atoms with van der Waals surface area (Å²) in [5, 5.41) is 3.71. The number of nitrogens with zero attached hydrogens (tertiary/aromatic N) is 1. The van der Waals surface area contributed by atoms with Crippen LogP contribution in [0.15, 0.2) is 48.7 Å². The van der Waals surface area contributed by atoms with Gasteiger partial charge in [0, 0.05) is 18.3 Å². The zero-order chi connectivity index (χ0) is 14.5. The highest BCUT2D eigenvalue weighted by Crippen LogP contribution is 2.27. The summed E-state index contributed by atoms with van der Waals surface area (Å²) in [5.74, 6) is 0.924. The number of hydrogen-bond donors (Lipinski definition) is 1. The highest BCUT2D eigenvalue weighted by molar-refractivity contribution is 5.27. The van der Waals surface area contributed by atoms with E-state index in [2.05, 4.69) is 34.6 Å². The van der Waals surface area contributed by atoms with Gasteiger partial charge in [0.25, 0.3) is 0 Å². The van der Waals surface area contributed by atoms with Crippen LogP contribution in [0.1, 0.15) is 36.6 Å². The Hall–Kier alpha value is -1.87. The van der Waals surface area contributed by atoms with Gasteiger partial charge in [0.05, 0.1) is 12.8 Å². The number of hydrogen-bond acceptors (Lipinski definition) is 3. The quantitative estimate of drug-likeness (QED) is 0.911. The van der Waals surface area contributed by atoms with Crippen molar-refractivity contribution < 1.29 is 4.74 Å². The maximum absolute atomic E-state index is 5.19. The molecular formula is C18H22N2O. The van der Waals surface area contributed by atoms with E-state index in [0.29, 0.717) is 12.1 Å². The predicted octanol–water partition coefficient (Wildman–Crippen LogP) is 3.52.